The molecule has 0 saturated carbocycles. The number of pyridine rings is 1. The zero-order valence-corrected chi connectivity index (χ0v) is 9.95. The number of aromatic nitrogens is 2. The van der Waals surface area contributed by atoms with Crippen LogP contribution in [0.3, 0.4) is 0 Å². The van der Waals surface area contributed by atoms with Gasteiger partial charge >= 0.3 is 0 Å². The number of rotatable bonds is 2. The molecule has 1 aromatic carbocycles. The summed E-state index contributed by atoms with van der Waals surface area (Å²) in [5.74, 6) is -0.122. The van der Waals surface area contributed by atoms with Crippen LogP contribution in [0.1, 0.15) is 21.6 Å². The number of hydrogen-bond donors (Lipinski definition) is 0. The summed E-state index contributed by atoms with van der Waals surface area (Å²) in [7, 11) is 0. The van der Waals surface area contributed by atoms with Crippen molar-refractivity contribution >= 4 is 11.4 Å². The fourth-order valence-corrected chi connectivity index (χ4v) is 1.90. The van der Waals surface area contributed by atoms with Crippen LogP contribution >= 0.6 is 0 Å². The van der Waals surface area contributed by atoms with Gasteiger partial charge in [0.2, 0.25) is 5.78 Å². The minimum absolute atomic E-state index is 0.122. The largest absolute Gasteiger partial charge is 0.305 e. The fourth-order valence-electron chi connectivity index (χ4n) is 1.90. The number of nitriles is 1. The molecule has 0 atom stereocenters. The van der Waals surface area contributed by atoms with Gasteiger partial charge in [-0.05, 0) is 12.1 Å². The Kier molecular flexibility index (Phi) is 2.58. The molecule has 0 N–H and O–H groups in total. The fraction of sp³-hybridized carbons (Fsp3) is 0. The summed E-state index contributed by atoms with van der Waals surface area (Å²) >= 11 is 0. The van der Waals surface area contributed by atoms with Crippen molar-refractivity contribution in [3.8, 4) is 6.07 Å². The molecule has 0 radical (unpaired) electrons. The maximum absolute atomic E-state index is 12.2. The molecule has 0 saturated heterocycles. The van der Waals surface area contributed by atoms with Crippen LogP contribution in [-0.4, -0.2) is 15.2 Å². The number of hydrogen-bond acceptors (Lipinski definition) is 3. The van der Waals surface area contributed by atoms with Crippen LogP contribution in [0.4, 0.5) is 0 Å². The molecule has 2 aromatic heterocycles. The third-order valence-electron chi connectivity index (χ3n) is 2.85. The highest BCUT2D eigenvalue weighted by Gasteiger charge is 2.12. The van der Waals surface area contributed by atoms with Gasteiger partial charge in [-0.1, -0.05) is 30.3 Å². The van der Waals surface area contributed by atoms with Crippen LogP contribution in [-0.2, 0) is 0 Å². The molecule has 0 spiro atoms. The normalized spacial score (nSPS) is 10.3. The Morgan fingerprint density at radius 3 is 2.63 bits per heavy atom. The van der Waals surface area contributed by atoms with Gasteiger partial charge in [-0.3, -0.25) is 4.79 Å². The Bertz CT molecular complexity index is 797. The molecule has 0 aliphatic rings. The van der Waals surface area contributed by atoms with Crippen molar-refractivity contribution in [2.24, 2.45) is 0 Å². The molecule has 0 aliphatic carbocycles. The number of carbonyl (C=O) groups is 1. The average molecular weight is 247 g/mol. The topological polar surface area (TPSA) is 58.2 Å². The van der Waals surface area contributed by atoms with E-state index in [4.69, 9.17) is 5.26 Å². The van der Waals surface area contributed by atoms with Gasteiger partial charge in [0.25, 0.3) is 0 Å². The van der Waals surface area contributed by atoms with E-state index in [1.807, 2.05) is 18.2 Å². The van der Waals surface area contributed by atoms with Crippen molar-refractivity contribution < 1.29 is 4.79 Å². The first kappa shape index (κ1) is 11.2. The monoisotopic (exact) mass is 247 g/mol. The van der Waals surface area contributed by atoms with E-state index in [1.165, 1.54) is 0 Å². The number of ketones is 1. The summed E-state index contributed by atoms with van der Waals surface area (Å²) in [6.45, 7) is 0. The lowest BCUT2D eigenvalue weighted by molar-refractivity contribution is 0.103. The molecule has 4 heteroatoms. The third kappa shape index (κ3) is 1.98. The second kappa shape index (κ2) is 4.39. The molecule has 0 unspecified atom stereocenters. The van der Waals surface area contributed by atoms with E-state index >= 15 is 0 Å². The minimum Gasteiger partial charge on any atom is -0.305 e. The quantitative estimate of drug-likeness (QED) is 0.653. The smallest absolute Gasteiger partial charge is 0.212 e. The highest BCUT2D eigenvalue weighted by atomic mass is 16.1. The van der Waals surface area contributed by atoms with Gasteiger partial charge in [0.15, 0.2) is 0 Å². The SMILES string of the molecule is N#Cc1ccc2nc(C(=O)c3ccccc3)cn2c1. The third-order valence-corrected chi connectivity index (χ3v) is 2.85. The molecule has 0 fully saturated rings. The van der Waals surface area contributed by atoms with E-state index in [0.717, 1.165) is 0 Å². The van der Waals surface area contributed by atoms with Crippen LogP contribution in [0.25, 0.3) is 5.65 Å². The summed E-state index contributed by atoms with van der Waals surface area (Å²) in [5.41, 5.74) is 2.16. The van der Waals surface area contributed by atoms with Crippen molar-refractivity contribution in [1.82, 2.24) is 9.38 Å². The van der Waals surface area contributed by atoms with Crippen molar-refractivity contribution in [2.45, 2.75) is 0 Å². The molecular formula is C15H9N3O. The first-order valence-electron chi connectivity index (χ1n) is 5.76. The van der Waals surface area contributed by atoms with Gasteiger partial charge in [0.05, 0.1) is 5.56 Å². The predicted octanol–water partition coefficient (Wildman–Crippen LogP) is 2.44. The van der Waals surface area contributed by atoms with E-state index in [0.29, 0.717) is 22.5 Å². The molecule has 0 bridgehead atoms. The van der Waals surface area contributed by atoms with Crippen LogP contribution in [0.15, 0.2) is 54.9 Å². The summed E-state index contributed by atoms with van der Waals surface area (Å²) in [4.78, 5) is 16.5. The van der Waals surface area contributed by atoms with E-state index in [9.17, 15) is 4.79 Å². The lowest BCUT2D eigenvalue weighted by Crippen LogP contribution is -2.00. The standard InChI is InChI=1S/C15H9N3O/c16-8-11-6-7-14-17-13(10-18(14)9-11)15(19)12-4-2-1-3-5-12/h1-7,9-10H. The Morgan fingerprint density at radius 2 is 1.89 bits per heavy atom. The maximum atomic E-state index is 12.2. The molecule has 0 amide bonds. The number of imidazole rings is 1. The van der Waals surface area contributed by atoms with E-state index in [-0.39, 0.29) is 5.78 Å². The predicted molar refractivity (Wildman–Crippen MR) is 69.8 cm³/mol. The summed E-state index contributed by atoms with van der Waals surface area (Å²) in [5, 5.41) is 8.84. The van der Waals surface area contributed by atoms with Crippen LogP contribution in [0.5, 0.6) is 0 Å². The van der Waals surface area contributed by atoms with Gasteiger partial charge < -0.3 is 4.40 Å². The van der Waals surface area contributed by atoms with Crippen LogP contribution in [0.2, 0.25) is 0 Å². The number of carbonyl (C=O) groups excluding carboxylic acids is 1. The number of benzene rings is 1. The highest BCUT2D eigenvalue weighted by Crippen LogP contribution is 2.11. The number of fused-ring (bicyclic) bond motifs is 1. The molecule has 0 aliphatic heterocycles. The zero-order valence-electron chi connectivity index (χ0n) is 9.95. The molecule has 19 heavy (non-hydrogen) atoms. The Morgan fingerprint density at radius 1 is 1.11 bits per heavy atom. The van der Waals surface area contributed by atoms with Crippen LogP contribution < -0.4 is 0 Å². The van der Waals surface area contributed by atoms with Crippen molar-refractivity contribution in [3.63, 3.8) is 0 Å². The van der Waals surface area contributed by atoms with E-state index < -0.39 is 0 Å². The van der Waals surface area contributed by atoms with Crippen molar-refractivity contribution in [1.29, 1.82) is 5.26 Å². The molecular weight excluding hydrogens is 238 g/mol. The van der Waals surface area contributed by atoms with Crippen molar-refractivity contribution in [3.05, 3.63) is 71.7 Å². The van der Waals surface area contributed by atoms with E-state index in [1.54, 1.807) is 41.1 Å². The van der Waals surface area contributed by atoms with Gasteiger partial charge in [0, 0.05) is 18.0 Å². The zero-order chi connectivity index (χ0) is 13.2. The molecule has 90 valence electrons. The first-order chi connectivity index (χ1) is 9.28. The maximum Gasteiger partial charge on any atom is 0.212 e. The second-order valence-electron chi connectivity index (χ2n) is 4.12. The van der Waals surface area contributed by atoms with E-state index in [2.05, 4.69) is 11.1 Å². The Balaban J connectivity index is 2.07. The lowest BCUT2D eigenvalue weighted by Gasteiger charge is -1.95. The van der Waals surface area contributed by atoms with Gasteiger partial charge in [0.1, 0.15) is 17.4 Å². The number of nitrogens with zero attached hydrogens (tertiary/aromatic N) is 3. The minimum atomic E-state index is -0.122. The van der Waals surface area contributed by atoms with Crippen LogP contribution in [0, 0.1) is 11.3 Å². The Hall–Kier alpha value is -2.93. The van der Waals surface area contributed by atoms with Crippen molar-refractivity contribution in [2.75, 3.05) is 0 Å². The molecule has 4 nitrogen and oxygen atoms in total. The Labute approximate surface area is 109 Å². The first-order valence-corrected chi connectivity index (χ1v) is 5.76. The average Bonchev–Trinajstić information content (AvgIpc) is 2.90. The highest BCUT2D eigenvalue weighted by molar-refractivity contribution is 6.07. The van der Waals surface area contributed by atoms with Gasteiger partial charge in [-0.2, -0.15) is 5.26 Å². The van der Waals surface area contributed by atoms with Gasteiger partial charge in [-0.25, -0.2) is 4.98 Å². The summed E-state index contributed by atoms with van der Waals surface area (Å²) in [6.07, 6.45) is 3.30. The summed E-state index contributed by atoms with van der Waals surface area (Å²) < 4.78 is 1.69. The second-order valence-corrected chi connectivity index (χ2v) is 4.12. The molecule has 3 rings (SSSR count). The molecule has 2 heterocycles. The van der Waals surface area contributed by atoms with Gasteiger partial charge in [-0.15, -0.1) is 0 Å². The molecule has 3 aromatic rings. The lowest BCUT2D eigenvalue weighted by atomic mass is 10.1. The summed E-state index contributed by atoms with van der Waals surface area (Å²) in [6, 6.07) is 14.5.